The van der Waals surface area contributed by atoms with E-state index in [9.17, 15) is 14.3 Å². The van der Waals surface area contributed by atoms with Gasteiger partial charge < -0.3 is 19.6 Å². The van der Waals surface area contributed by atoms with E-state index in [1.165, 1.54) is 18.2 Å². The lowest BCUT2D eigenvalue weighted by Gasteiger charge is -2.20. The van der Waals surface area contributed by atoms with Crippen LogP contribution in [0.15, 0.2) is 18.2 Å². The van der Waals surface area contributed by atoms with Crippen LogP contribution in [0.5, 0.6) is 5.75 Å². The number of hydrogen-bond donors (Lipinski definition) is 1. The van der Waals surface area contributed by atoms with Crippen LogP contribution in [0.2, 0.25) is 5.02 Å². The first-order valence-corrected chi connectivity index (χ1v) is 7.89. The van der Waals surface area contributed by atoms with Gasteiger partial charge in [-0.3, -0.25) is 4.79 Å². The molecule has 1 amide bonds. The Kier molecular flexibility index (Phi) is 6.21. The zero-order valence-electron chi connectivity index (χ0n) is 13.3. The second-order valence-corrected chi connectivity index (χ2v) is 6.54. The summed E-state index contributed by atoms with van der Waals surface area (Å²) in [6.07, 6.45) is 0. The number of nitrogens with zero attached hydrogens (tertiary/aromatic N) is 2. The van der Waals surface area contributed by atoms with Crippen LogP contribution in [-0.2, 0) is 4.79 Å². The maximum absolute atomic E-state index is 13.1. The van der Waals surface area contributed by atoms with Crippen molar-refractivity contribution >= 4 is 17.5 Å². The monoisotopic (exact) mass is 344 g/mol. The molecule has 0 aliphatic carbocycles. The molecule has 2 atom stereocenters. The number of benzene rings is 1. The summed E-state index contributed by atoms with van der Waals surface area (Å²) >= 11 is 5.68. The Morgan fingerprint density at radius 1 is 1.43 bits per heavy atom. The van der Waals surface area contributed by atoms with Gasteiger partial charge in [0, 0.05) is 38.2 Å². The van der Waals surface area contributed by atoms with E-state index in [1.54, 1.807) is 4.90 Å². The largest absolute Gasteiger partial charge is 0.484 e. The number of ether oxygens (including phenoxy) is 1. The molecule has 0 saturated carbocycles. The van der Waals surface area contributed by atoms with Crippen molar-refractivity contribution in [1.29, 1.82) is 0 Å². The summed E-state index contributed by atoms with van der Waals surface area (Å²) in [7, 11) is 3.95. The van der Waals surface area contributed by atoms with Gasteiger partial charge in [0.1, 0.15) is 11.6 Å². The summed E-state index contributed by atoms with van der Waals surface area (Å²) in [5.74, 6) is 0.0145. The van der Waals surface area contributed by atoms with Gasteiger partial charge in [0.05, 0.1) is 5.02 Å². The Morgan fingerprint density at radius 2 is 2.13 bits per heavy atom. The number of likely N-dealkylation sites (tertiary alicyclic amines) is 1. The average Bonchev–Trinajstić information content (AvgIpc) is 2.90. The molecule has 23 heavy (non-hydrogen) atoms. The van der Waals surface area contributed by atoms with Crippen molar-refractivity contribution in [3.05, 3.63) is 29.0 Å². The number of carbonyl (C=O) groups excluding carboxylic acids is 1. The summed E-state index contributed by atoms with van der Waals surface area (Å²) in [5.41, 5.74) is 0. The molecule has 1 heterocycles. The number of halogens is 2. The van der Waals surface area contributed by atoms with Gasteiger partial charge in [0.15, 0.2) is 6.61 Å². The van der Waals surface area contributed by atoms with E-state index in [0.29, 0.717) is 18.8 Å². The molecule has 5 nitrogen and oxygen atoms in total. The Morgan fingerprint density at radius 3 is 2.74 bits per heavy atom. The topological polar surface area (TPSA) is 53.0 Å². The minimum Gasteiger partial charge on any atom is -0.484 e. The van der Waals surface area contributed by atoms with Crippen LogP contribution < -0.4 is 4.74 Å². The van der Waals surface area contributed by atoms with Crippen LogP contribution in [0.4, 0.5) is 4.39 Å². The third kappa shape index (κ3) is 4.80. The molecule has 1 fully saturated rings. The van der Waals surface area contributed by atoms with E-state index in [2.05, 4.69) is 4.90 Å². The third-order valence-corrected chi connectivity index (χ3v) is 4.31. The summed E-state index contributed by atoms with van der Waals surface area (Å²) < 4.78 is 18.5. The van der Waals surface area contributed by atoms with Crippen molar-refractivity contribution in [3.63, 3.8) is 0 Å². The number of aliphatic hydroxyl groups excluding tert-OH is 1. The Balaban J connectivity index is 1.89. The quantitative estimate of drug-likeness (QED) is 0.849. The fourth-order valence-electron chi connectivity index (χ4n) is 2.83. The van der Waals surface area contributed by atoms with Crippen LogP contribution in [0, 0.1) is 17.7 Å². The van der Waals surface area contributed by atoms with Gasteiger partial charge in [-0.15, -0.1) is 0 Å². The summed E-state index contributed by atoms with van der Waals surface area (Å²) in [6.45, 7) is 1.89. The van der Waals surface area contributed by atoms with Gasteiger partial charge >= 0.3 is 0 Å². The van der Waals surface area contributed by atoms with Gasteiger partial charge in [-0.2, -0.15) is 0 Å². The van der Waals surface area contributed by atoms with Crippen molar-refractivity contribution in [2.75, 3.05) is 46.9 Å². The lowest BCUT2D eigenvalue weighted by atomic mass is 9.97. The smallest absolute Gasteiger partial charge is 0.260 e. The minimum atomic E-state index is -0.526. The molecule has 1 N–H and O–H groups in total. The molecular formula is C16H22ClFN2O3. The van der Waals surface area contributed by atoms with Crippen molar-refractivity contribution in [1.82, 2.24) is 9.80 Å². The first kappa shape index (κ1) is 18.0. The molecule has 1 aromatic carbocycles. The molecule has 0 bridgehead atoms. The first-order chi connectivity index (χ1) is 10.9. The van der Waals surface area contributed by atoms with Crippen molar-refractivity contribution in [3.8, 4) is 5.75 Å². The first-order valence-electron chi connectivity index (χ1n) is 7.52. The van der Waals surface area contributed by atoms with Crippen molar-refractivity contribution < 1.29 is 19.0 Å². The molecule has 1 saturated heterocycles. The molecular weight excluding hydrogens is 323 g/mol. The Hall–Kier alpha value is -1.37. The molecule has 0 radical (unpaired) electrons. The molecule has 1 aliphatic rings. The third-order valence-electron chi connectivity index (χ3n) is 4.02. The van der Waals surface area contributed by atoms with E-state index >= 15 is 0 Å². The molecule has 2 rings (SSSR count). The van der Waals surface area contributed by atoms with E-state index in [4.69, 9.17) is 16.3 Å². The number of amides is 1. The lowest BCUT2D eigenvalue weighted by Crippen LogP contribution is -2.34. The highest BCUT2D eigenvalue weighted by atomic mass is 35.5. The predicted octanol–water partition coefficient (Wildman–Crippen LogP) is 1.49. The Labute approximate surface area is 140 Å². The molecule has 1 aliphatic heterocycles. The summed E-state index contributed by atoms with van der Waals surface area (Å²) in [6, 6.07) is 3.98. The van der Waals surface area contributed by atoms with E-state index < -0.39 is 5.82 Å². The maximum Gasteiger partial charge on any atom is 0.260 e. The standard InChI is InChI=1S/C16H22ClFN2O3/c1-19(2)6-11-7-20(8-12(11)9-21)16(22)10-23-13-3-4-15(18)14(17)5-13/h3-5,11-12,21H,6-10H2,1-2H3/t11-,12-/m1/s1. The summed E-state index contributed by atoms with van der Waals surface area (Å²) in [5, 5.41) is 9.44. The fraction of sp³-hybridized carbons (Fsp3) is 0.562. The molecule has 1 aromatic rings. The fourth-order valence-corrected chi connectivity index (χ4v) is 3.00. The maximum atomic E-state index is 13.1. The van der Waals surface area contributed by atoms with E-state index in [1.807, 2.05) is 14.1 Å². The second-order valence-electron chi connectivity index (χ2n) is 6.13. The van der Waals surface area contributed by atoms with Gasteiger partial charge in [0.2, 0.25) is 0 Å². The lowest BCUT2D eigenvalue weighted by molar-refractivity contribution is -0.132. The van der Waals surface area contributed by atoms with Gasteiger partial charge in [0.25, 0.3) is 5.91 Å². The molecule has 0 unspecified atom stereocenters. The average molecular weight is 345 g/mol. The number of aliphatic hydroxyl groups is 1. The van der Waals surface area contributed by atoms with Crippen LogP contribution >= 0.6 is 11.6 Å². The van der Waals surface area contributed by atoms with Crippen molar-refractivity contribution in [2.24, 2.45) is 11.8 Å². The molecule has 7 heteroatoms. The zero-order chi connectivity index (χ0) is 17.0. The van der Waals surface area contributed by atoms with E-state index in [0.717, 1.165) is 6.54 Å². The van der Waals surface area contributed by atoms with E-state index in [-0.39, 0.29) is 36.0 Å². The zero-order valence-corrected chi connectivity index (χ0v) is 14.1. The van der Waals surface area contributed by atoms with Gasteiger partial charge in [-0.25, -0.2) is 4.39 Å². The van der Waals surface area contributed by atoms with Gasteiger partial charge in [-0.05, 0) is 32.1 Å². The highest BCUT2D eigenvalue weighted by Crippen LogP contribution is 2.24. The minimum absolute atomic E-state index is 0.0393. The molecule has 128 valence electrons. The van der Waals surface area contributed by atoms with Crippen LogP contribution in [0.1, 0.15) is 0 Å². The SMILES string of the molecule is CN(C)C[C@@H]1CN(C(=O)COc2ccc(F)c(Cl)c2)C[C@@H]1CO. The normalized spacial score (nSPS) is 21.0. The predicted molar refractivity (Wildman–Crippen MR) is 86.1 cm³/mol. The summed E-state index contributed by atoms with van der Waals surface area (Å²) in [4.78, 5) is 16.0. The van der Waals surface area contributed by atoms with Gasteiger partial charge in [-0.1, -0.05) is 11.6 Å². The molecule has 0 aromatic heterocycles. The van der Waals surface area contributed by atoms with Crippen LogP contribution in [-0.4, -0.2) is 67.8 Å². The Bertz CT molecular complexity index is 556. The number of carbonyl (C=O) groups is 1. The highest BCUT2D eigenvalue weighted by molar-refractivity contribution is 6.30. The van der Waals surface area contributed by atoms with Crippen LogP contribution in [0.25, 0.3) is 0 Å². The van der Waals surface area contributed by atoms with Crippen LogP contribution in [0.3, 0.4) is 0 Å². The van der Waals surface area contributed by atoms with Crippen molar-refractivity contribution in [2.45, 2.75) is 0 Å². The highest BCUT2D eigenvalue weighted by Gasteiger charge is 2.34. The molecule has 0 spiro atoms. The second kappa shape index (κ2) is 7.95. The number of hydrogen-bond acceptors (Lipinski definition) is 4. The number of rotatable bonds is 6.